The Morgan fingerprint density at radius 1 is 1.67 bits per heavy atom. The summed E-state index contributed by atoms with van der Waals surface area (Å²) in [5.41, 5.74) is 0.674. The van der Waals surface area contributed by atoms with Crippen molar-refractivity contribution < 1.29 is 9.90 Å². The minimum absolute atomic E-state index is 0.0108. The van der Waals surface area contributed by atoms with Gasteiger partial charge in [-0.15, -0.1) is 11.3 Å². The van der Waals surface area contributed by atoms with E-state index in [0.717, 1.165) is 10.8 Å². The maximum absolute atomic E-state index is 10.5. The summed E-state index contributed by atoms with van der Waals surface area (Å²) in [6.45, 7) is 1.91. The molecule has 2 rings (SSSR count). The molecular formula is C9H9N3O2S. The summed E-state index contributed by atoms with van der Waals surface area (Å²) in [6, 6.07) is 0. The Bertz CT molecular complexity index is 489. The summed E-state index contributed by atoms with van der Waals surface area (Å²) in [4.78, 5) is 14.7. The highest BCUT2D eigenvalue weighted by molar-refractivity contribution is 7.09. The first-order chi connectivity index (χ1) is 7.15. The van der Waals surface area contributed by atoms with Crippen molar-refractivity contribution in [3.8, 4) is 5.82 Å². The third kappa shape index (κ3) is 2.21. The summed E-state index contributed by atoms with van der Waals surface area (Å²) in [6.07, 6.45) is 3.22. The zero-order valence-corrected chi connectivity index (χ0v) is 8.86. The highest BCUT2D eigenvalue weighted by atomic mass is 32.1. The molecule has 0 fully saturated rings. The monoisotopic (exact) mass is 223 g/mol. The topological polar surface area (TPSA) is 68.0 Å². The Labute approximate surface area is 90.0 Å². The van der Waals surface area contributed by atoms with E-state index in [0.29, 0.717) is 5.56 Å². The van der Waals surface area contributed by atoms with Crippen LogP contribution < -0.4 is 0 Å². The second kappa shape index (κ2) is 3.82. The summed E-state index contributed by atoms with van der Waals surface area (Å²) in [7, 11) is 0. The summed E-state index contributed by atoms with van der Waals surface area (Å²) < 4.78 is 1.59. The fourth-order valence-electron chi connectivity index (χ4n) is 1.21. The smallest absolute Gasteiger partial charge is 0.307 e. The molecule has 2 aromatic heterocycles. The highest BCUT2D eigenvalue weighted by Crippen LogP contribution is 2.12. The molecule has 78 valence electrons. The van der Waals surface area contributed by atoms with Crippen LogP contribution in [0.4, 0.5) is 0 Å². The Balaban J connectivity index is 2.23. The Kier molecular flexibility index (Phi) is 2.51. The number of carboxylic acid groups (broad SMARTS) is 1. The van der Waals surface area contributed by atoms with E-state index < -0.39 is 5.97 Å². The van der Waals surface area contributed by atoms with Crippen molar-refractivity contribution in [2.24, 2.45) is 0 Å². The molecule has 0 unspecified atom stereocenters. The number of aliphatic carboxylic acids is 1. The minimum atomic E-state index is -0.857. The van der Waals surface area contributed by atoms with Crippen LogP contribution in [0.2, 0.25) is 0 Å². The molecule has 0 bridgehead atoms. The van der Waals surface area contributed by atoms with Gasteiger partial charge in [-0.25, -0.2) is 9.67 Å². The normalized spacial score (nSPS) is 10.5. The molecule has 15 heavy (non-hydrogen) atoms. The number of carbonyl (C=O) groups is 1. The lowest BCUT2D eigenvalue weighted by Gasteiger charge is -1.92. The highest BCUT2D eigenvalue weighted by Gasteiger charge is 2.06. The van der Waals surface area contributed by atoms with Crippen LogP contribution in [-0.2, 0) is 11.2 Å². The van der Waals surface area contributed by atoms with E-state index in [1.807, 2.05) is 12.3 Å². The molecule has 1 N–H and O–H groups in total. The van der Waals surface area contributed by atoms with Crippen LogP contribution in [-0.4, -0.2) is 25.8 Å². The predicted octanol–water partition coefficient (Wildman–Crippen LogP) is 1.26. The van der Waals surface area contributed by atoms with Gasteiger partial charge in [0.15, 0.2) is 5.82 Å². The summed E-state index contributed by atoms with van der Waals surface area (Å²) >= 11 is 1.53. The molecule has 0 saturated heterocycles. The quantitative estimate of drug-likeness (QED) is 0.850. The number of hydrogen-bond acceptors (Lipinski definition) is 4. The van der Waals surface area contributed by atoms with E-state index in [9.17, 15) is 4.79 Å². The van der Waals surface area contributed by atoms with Crippen LogP contribution in [0.25, 0.3) is 5.82 Å². The molecule has 0 amide bonds. The molecule has 0 aliphatic rings. The van der Waals surface area contributed by atoms with Gasteiger partial charge in [0.05, 0.1) is 17.6 Å². The first kappa shape index (κ1) is 9.85. The zero-order valence-electron chi connectivity index (χ0n) is 8.04. The van der Waals surface area contributed by atoms with Crippen molar-refractivity contribution in [3.63, 3.8) is 0 Å². The molecule has 0 aliphatic carbocycles. The number of carboxylic acids is 1. The fourth-order valence-corrected chi connectivity index (χ4v) is 1.79. The van der Waals surface area contributed by atoms with Crippen LogP contribution >= 0.6 is 11.3 Å². The lowest BCUT2D eigenvalue weighted by atomic mass is 10.3. The van der Waals surface area contributed by atoms with E-state index in [2.05, 4.69) is 10.1 Å². The second-order valence-electron chi connectivity index (χ2n) is 3.09. The molecule has 6 heteroatoms. The van der Waals surface area contributed by atoms with Gasteiger partial charge >= 0.3 is 5.97 Å². The van der Waals surface area contributed by atoms with Gasteiger partial charge in [-0.1, -0.05) is 0 Å². The number of aromatic nitrogens is 3. The SMILES string of the molecule is Cc1nc(-n2cc(CC(=O)O)cn2)cs1. The van der Waals surface area contributed by atoms with E-state index in [-0.39, 0.29) is 6.42 Å². The van der Waals surface area contributed by atoms with Gasteiger partial charge in [0.25, 0.3) is 0 Å². The Morgan fingerprint density at radius 2 is 2.47 bits per heavy atom. The van der Waals surface area contributed by atoms with Crippen LogP contribution in [0.3, 0.4) is 0 Å². The molecule has 0 atom stereocenters. The van der Waals surface area contributed by atoms with Gasteiger partial charge in [0.1, 0.15) is 0 Å². The van der Waals surface area contributed by atoms with Gasteiger partial charge in [-0.2, -0.15) is 5.10 Å². The van der Waals surface area contributed by atoms with Crippen molar-refractivity contribution in [1.82, 2.24) is 14.8 Å². The van der Waals surface area contributed by atoms with Crippen LogP contribution in [0.5, 0.6) is 0 Å². The second-order valence-corrected chi connectivity index (χ2v) is 4.15. The number of hydrogen-bond donors (Lipinski definition) is 1. The maximum atomic E-state index is 10.5. The minimum Gasteiger partial charge on any atom is -0.481 e. The predicted molar refractivity (Wildman–Crippen MR) is 55.3 cm³/mol. The lowest BCUT2D eigenvalue weighted by Crippen LogP contribution is -1.99. The third-order valence-electron chi connectivity index (χ3n) is 1.83. The van der Waals surface area contributed by atoms with Crippen molar-refractivity contribution in [2.45, 2.75) is 13.3 Å². The average molecular weight is 223 g/mol. The van der Waals surface area contributed by atoms with Gasteiger partial charge in [-0.3, -0.25) is 4.79 Å². The zero-order chi connectivity index (χ0) is 10.8. The molecule has 0 saturated carbocycles. The lowest BCUT2D eigenvalue weighted by molar-refractivity contribution is -0.136. The van der Waals surface area contributed by atoms with Crippen molar-refractivity contribution in [1.29, 1.82) is 0 Å². The number of nitrogens with zero attached hydrogens (tertiary/aromatic N) is 3. The standard InChI is InChI=1S/C9H9N3O2S/c1-6-11-8(5-15-6)12-4-7(3-10-12)2-9(13)14/h3-5H,2H2,1H3,(H,13,14). The Hall–Kier alpha value is -1.69. The summed E-state index contributed by atoms with van der Waals surface area (Å²) in [5, 5.41) is 15.5. The molecule has 0 aromatic carbocycles. The van der Waals surface area contributed by atoms with E-state index >= 15 is 0 Å². The van der Waals surface area contributed by atoms with Gasteiger partial charge in [-0.05, 0) is 6.92 Å². The molecule has 5 nitrogen and oxygen atoms in total. The van der Waals surface area contributed by atoms with Crippen LogP contribution in [0.15, 0.2) is 17.8 Å². The molecular weight excluding hydrogens is 214 g/mol. The van der Waals surface area contributed by atoms with Crippen molar-refractivity contribution in [2.75, 3.05) is 0 Å². The van der Waals surface area contributed by atoms with E-state index in [1.165, 1.54) is 11.3 Å². The molecule has 2 heterocycles. The first-order valence-electron chi connectivity index (χ1n) is 4.33. The molecule has 0 radical (unpaired) electrons. The van der Waals surface area contributed by atoms with Crippen molar-refractivity contribution >= 4 is 17.3 Å². The Morgan fingerprint density at radius 3 is 3.07 bits per heavy atom. The first-order valence-corrected chi connectivity index (χ1v) is 5.21. The van der Waals surface area contributed by atoms with Crippen molar-refractivity contribution in [3.05, 3.63) is 28.3 Å². The molecule has 2 aromatic rings. The maximum Gasteiger partial charge on any atom is 0.307 e. The van der Waals surface area contributed by atoms with Gasteiger partial charge in [0.2, 0.25) is 0 Å². The molecule has 0 spiro atoms. The van der Waals surface area contributed by atoms with E-state index in [1.54, 1.807) is 17.1 Å². The number of rotatable bonds is 3. The van der Waals surface area contributed by atoms with Gasteiger partial charge in [0, 0.05) is 17.1 Å². The number of thiazole rings is 1. The average Bonchev–Trinajstić information content (AvgIpc) is 2.72. The van der Waals surface area contributed by atoms with Crippen LogP contribution in [0, 0.1) is 6.92 Å². The number of aryl methyl sites for hydroxylation is 1. The van der Waals surface area contributed by atoms with E-state index in [4.69, 9.17) is 5.11 Å². The van der Waals surface area contributed by atoms with Crippen LogP contribution in [0.1, 0.15) is 10.6 Å². The fraction of sp³-hybridized carbons (Fsp3) is 0.222. The third-order valence-corrected chi connectivity index (χ3v) is 2.59. The largest absolute Gasteiger partial charge is 0.481 e. The summed E-state index contributed by atoms with van der Waals surface area (Å²) in [5.74, 6) is -0.127. The molecule has 0 aliphatic heterocycles. The van der Waals surface area contributed by atoms with Gasteiger partial charge < -0.3 is 5.11 Å².